The molecule has 0 saturated carbocycles. The van der Waals surface area contributed by atoms with E-state index in [1.807, 2.05) is 12.1 Å². The average molecular weight is 261 g/mol. The molecule has 0 aromatic heterocycles. The summed E-state index contributed by atoms with van der Waals surface area (Å²) in [7, 11) is 1.66. The normalized spacial score (nSPS) is 23.2. The van der Waals surface area contributed by atoms with Crippen LogP contribution in [0.25, 0.3) is 0 Å². The summed E-state index contributed by atoms with van der Waals surface area (Å²) >= 11 is 0. The Kier molecular flexibility index (Phi) is 3.98. The van der Waals surface area contributed by atoms with Crippen molar-refractivity contribution < 1.29 is 4.79 Å². The molecule has 2 rings (SSSR count). The Labute approximate surface area is 115 Å². The Morgan fingerprint density at radius 3 is 2.79 bits per heavy atom. The molecule has 4 heteroatoms. The summed E-state index contributed by atoms with van der Waals surface area (Å²) in [5, 5.41) is 2.70. The quantitative estimate of drug-likeness (QED) is 0.803. The number of carbonyl (C=O) groups is 1. The molecule has 1 saturated heterocycles. The molecule has 1 amide bonds. The molecule has 3 N–H and O–H groups in total. The van der Waals surface area contributed by atoms with E-state index in [0.29, 0.717) is 23.2 Å². The molecule has 1 aliphatic rings. The molecule has 0 bridgehead atoms. The largest absolute Gasteiger partial charge is 0.399 e. The van der Waals surface area contributed by atoms with E-state index < -0.39 is 0 Å². The van der Waals surface area contributed by atoms with E-state index in [1.165, 1.54) is 6.42 Å². The van der Waals surface area contributed by atoms with Crippen molar-refractivity contribution in [3.05, 3.63) is 23.8 Å². The Morgan fingerprint density at radius 1 is 1.37 bits per heavy atom. The van der Waals surface area contributed by atoms with Crippen LogP contribution in [0.1, 0.15) is 37.0 Å². The summed E-state index contributed by atoms with van der Waals surface area (Å²) in [5.41, 5.74) is 8.26. The first-order valence-corrected chi connectivity index (χ1v) is 6.91. The molecular formula is C15H23N3O. The zero-order valence-electron chi connectivity index (χ0n) is 11.9. The minimum absolute atomic E-state index is 0.0552. The number of carbonyl (C=O) groups excluding carboxylic acids is 1. The van der Waals surface area contributed by atoms with Crippen molar-refractivity contribution in [3.8, 4) is 0 Å². The number of hydrogen-bond acceptors (Lipinski definition) is 3. The lowest BCUT2D eigenvalue weighted by atomic mass is 9.93. The van der Waals surface area contributed by atoms with Crippen LogP contribution in [0.5, 0.6) is 0 Å². The molecule has 0 spiro atoms. The molecule has 104 valence electrons. The maximum atomic E-state index is 12.0. The summed E-state index contributed by atoms with van der Waals surface area (Å²) in [6, 6.07) is 5.96. The molecule has 2 atom stereocenters. The Hall–Kier alpha value is -1.71. The number of amides is 1. The van der Waals surface area contributed by atoms with Crippen molar-refractivity contribution in [2.45, 2.75) is 32.7 Å². The van der Waals surface area contributed by atoms with Gasteiger partial charge < -0.3 is 16.0 Å². The number of benzene rings is 1. The number of nitrogens with two attached hydrogens (primary N) is 1. The van der Waals surface area contributed by atoms with E-state index in [1.54, 1.807) is 13.1 Å². The van der Waals surface area contributed by atoms with Gasteiger partial charge in [-0.2, -0.15) is 0 Å². The first kappa shape index (κ1) is 13.7. The SMILES string of the molecule is CNC(=O)c1ccc(N)cc1N1CC(C)CCC1C. The number of nitrogen functional groups attached to an aromatic ring is 1. The second kappa shape index (κ2) is 5.51. The van der Waals surface area contributed by atoms with E-state index in [4.69, 9.17) is 5.73 Å². The predicted molar refractivity (Wildman–Crippen MR) is 79.5 cm³/mol. The number of piperidine rings is 1. The highest BCUT2D eigenvalue weighted by atomic mass is 16.1. The van der Waals surface area contributed by atoms with Crippen LogP contribution in [0.2, 0.25) is 0 Å². The number of nitrogens with zero attached hydrogens (tertiary/aromatic N) is 1. The zero-order chi connectivity index (χ0) is 14.0. The third kappa shape index (κ3) is 2.83. The van der Waals surface area contributed by atoms with Crippen LogP contribution >= 0.6 is 0 Å². The fraction of sp³-hybridized carbons (Fsp3) is 0.533. The highest BCUT2D eigenvalue weighted by Gasteiger charge is 2.26. The molecule has 0 aliphatic carbocycles. The first-order valence-electron chi connectivity index (χ1n) is 6.91. The summed E-state index contributed by atoms with van der Waals surface area (Å²) < 4.78 is 0. The summed E-state index contributed by atoms with van der Waals surface area (Å²) in [6.45, 7) is 5.45. The van der Waals surface area contributed by atoms with Crippen LogP contribution < -0.4 is 16.0 Å². The van der Waals surface area contributed by atoms with Crippen molar-refractivity contribution >= 4 is 17.3 Å². The van der Waals surface area contributed by atoms with Crippen LogP contribution in [-0.4, -0.2) is 25.5 Å². The lowest BCUT2D eigenvalue weighted by molar-refractivity contribution is 0.0963. The lowest BCUT2D eigenvalue weighted by Gasteiger charge is -2.39. The molecule has 1 fully saturated rings. The second-order valence-corrected chi connectivity index (χ2v) is 5.54. The minimum atomic E-state index is -0.0552. The van der Waals surface area contributed by atoms with E-state index >= 15 is 0 Å². The van der Waals surface area contributed by atoms with Gasteiger partial charge in [0.25, 0.3) is 5.91 Å². The molecule has 0 radical (unpaired) electrons. The smallest absolute Gasteiger partial charge is 0.253 e. The van der Waals surface area contributed by atoms with E-state index in [9.17, 15) is 4.79 Å². The highest BCUT2D eigenvalue weighted by Crippen LogP contribution is 2.31. The van der Waals surface area contributed by atoms with Gasteiger partial charge in [-0.05, 0) is 43.9 Å². The van der Waals surface area contributed by atoms with Gasteiger partial charge in [-0.1, -0.05) is 6.92 Å². The Morgan fingerprint density at radius 2 is 2.11 bits per heavy atom. The van der Waals surface area contributed by atoms with Crippen LogP contribution in [0.15, 0.2) is 18.2 Å². The summed E-state index contributed by atoms with van der Waals surface area (Å²) in [5.74, 6) is 0.593. The van der Waals surface area contributed by atoms with Gasteiger partial charge in [0.05, 0.1) is 11.3 Å². The minimum Gasteiger partial charge on any atom is -0.399 e. The van der Waals surface area contributed by atoms with Gasteiger partial charge in [-0.15, -0.1) is 0 Å². The van der Waals surface area contributed by atoms with E-state index in [0.717, 1.165) is 18.7 Å². The van der Waals surface area contributed by atoms with Gasteiger partial charge >= 0.3 is 0 Å². The molecule has 1 aromatic carbocycles. The maximum absolute atomic E-state index is 12.0. The third-order valence-corrected chi connectivity index (χ3v) is 3.92. The monoisotopic (exact) mass is 261 g/mol. The number of anilines is 2. The fourth-order valence-corrected chi connectivity index (χ4v) is 2.74. The van der Waals surface area contributed by atoms with Crippen molar-refractivity contribution in [2.24, 2.45) is 5.92 Å². The van der Waals surface area contributed by atoms with Gasteiger partial charge in [-0.3, -0.25) is 4.79 Å². The molecule has 4 nitrogen and oxygen atoms in total. The Bertz CT molecular complexity index is 472. The van der Waals surface area contributed by atoms with Crippen LogP contribution in [0, 0.1) is 5.92 Å². The number of nitrogens with one attached hydrogen (secondary N) is 1. The lowest BCUT2D eigenvalue weighted by Crippen LogP contribution is -2.42. The van der Waals surface area contributed by atoms with Gasteiger partial charge in [-0.25, -0.2) is 0 Å². The molecular weight excluding hydrogens is 238 g/mol. The topological polar surface area (TPSA) is 58.4 Å². The van der Waals surface area contributed by atoms with E-state index in [2.05, 4.69) is 24.1 Å². The van der Waals surface area contributed by atoms with Gasteiger partial charge in [0.2, 0.25) is 0 Å². The number of hydrogen-bond donors (Lipinski definition) is 2. The predicted octanol–water partition coefficient (Wildman–Crippen LogP) is 2.25. The zero-order valence-corrected chi connectivity index (χ0v) is 11.9. The standard InChI is InChI=1S/C15H23N3O/c1-10-4-5-11(2)18(9-10)14-8-12(16)6-7-13(14)15(19)17-3/h6-8,10-11H,4-5,9,16H2,1-3H3,(H,17,19). The Balaban J connectivity index is 2.41. The highest BCUT2D eigenvalue weighted by molar-refractivity contribution is 6.00. The fourth-order valence-electron chi connectivity index (χ4n) is 2.74. The van der Waals surface area contributed by atoms with Gasteiger partial charge in [0.15, 0.2) is 0 Å². The van der Waals surface area contributed by atoms with E-state index in [-0.39, 0.29) is 5.91 Å². The molecule has 1 aliphatic heterocycles. The molecule has 19 heavy (non-hydrogen) atoms. The van der Waals surface area contributed by atoms with Gasteiger partial charge in [0.1, 0.15) is 0 Å². The summed E-state index contributed by atoms with van der Waals surface area (Å²) in [6.07, 6.45) is 2.40. The first-order chi connectivity index (χ1) is 9.02. The molecule has 1 heterocycles. The van der Waals surface area contributed by atoms with Crippen molar-refractivity contribution in [1.82, 2.24) is 5.32 Å². The average Bonchev–Trinajstić information content (AvgIpc) is 2.40. The maximum Gasteiger partial charge on any atom is 0.253 e. The van der Waals surface area contributed by atoms with Crippen molar-refractivity contribution in [2.75, 3.05) is 24.2 Å². The third-order valence-electron chi connectivity index (χ3n) is 3.92. The summed E-state index contributed by atoms with van der Waals surface area (Å²) in [4.78, 5) is 14.3. The van der Waals surface area contributed by atoms with Crippen molar-refractivity contribution in [3.63, 3.8) is 0 Å². The molecule has 2 unspecified atom stereocenters. The molecule has 1 aromatic rings. The van der Waals surface area contributed by atoms with Crippen LogP contribution in [-0.2, 0) is 0 Å². The van der Waals surface area contributed by atoms with Crippen molar-refractivity contribution in [1.29, 1.82) is 0 Å². The second-order valence-electron chi connectivity index (χ2n) is 5.54. The van der Waals surface area contributed by atoms with Crippen LogP contribution in [0.4, 0.5) is 11.4 Å². The van der Waals surface area contributed by atoms with Crippen LogP contribution in [0.3, 0.4) is 0 Å². The number of rotatable bonds is 2. The van der Waals surface area contributed by atoms with Gasteiger partial charge in [0, 0.05) is 25.3 Å².